The Labute approximate surface area is 140 Å². The molecule has 3 amide bonds. The molecule has 0 radical (unpaired) electrons. The number of anilines is 1. The van der Waals surface area contributed by atoms with Crippen molar-refractivity contribution in [2.24, 2.45) is 0 Å². The van der Waals surface area contributed by atoms with E-state index in [2.05, 4.69) is 5.32 Å². The van der Waals surface area contributed by atoms with Gasteiger partial charge in [-0.2, -0.15) is 0 Å². The first-order valence-corrected chi connectivity index (χ1v) is 7.68. The SMILES string of the molecule is COc1cc(NC(=O)N2CC[C@@]3(CN(C)C(=O)O3)C2)cc(OC)c1. The minimum absolute atomic E-state index is 0.243. The van der Waals surface area contributed by atoms with Crippen molar-refractivity contribution in [3.8, 4) is 11.5 Å². The third-order valence-corrected chi connectivity index (χ3v) is 4.35. The first-order chi connectivity index (χ1) is 11.4. The summed E-state index contributed by atoms with van der Waals surface area (Å²) in [4.78, 5) is 27.3. The zero-order valence-corrected chi connectivity index (χ0v) is 14.0. The van der Waals surface area contributed by atoms with E-state index in [1.54, 1.807) is 44.4 Å². The molecule has 24 heavy (non-hydrogen) atoms. The quantitative estimate of drug-likeness (QED) is 0.910. The number of rotatable bonds is 3. The van der Waals surface area contributed by atoms with E-state index < -0.39 is 5.60 Å². The molecule has 0 unspecified atom stereocenters. The van der Waals surface area contributed by atoms with Crippen molar-refractivity contribution in [2.75, 3.05) is 46.2 Å². The average Bonchev–Trinajstić information content (AvgIpc) is 3.10. The van der Waals surface area contributed by atoms with Gasteiger partial charge in [0.2, 0.25) is 0 Å². The number of amides is 3. The molecule has 1 aromatic rings. The van der Waals surface area contributed by atoms with Crippen LogP contribution in [0, 0.1) is 0 Å². The predicted octanol–water partition coefficient (Wildman–Crippen LogP) is 1.76. The smallest absolute Gasteiger partial charge is 0.410 e. The maximum absolute atomic E-state index is 12.5. The second-order valence-electron chi connectivity index (χ2n) is 6.11. The van der Waals surface area contributed by atoms with Gasteiger partial charge in [0, 0.05) is 43.9 Å². The van der Waals surface area contributed by atoms with Crippen LogP contribution >= 0.6 is 0 Å². The Balaban J connectivity index is 1.67. The van der Waals surface area contributed by atoms with Crippen LogP contribution in [0.1, 0.15) is 6.42 Å². The van der Waals surface area contributed by atoms with Crippen molar-refractivity contribution in [3.63, 3.8) is 0 Å². The number of benzene rings is 1. The van der Waals surface area contributed by atoms with E-state index in [-0.39, 0.29) is 12.1 Å². The fourth-order valence-electron chi connectivity index (χ4n) is 3.10. The number of urea groups is 1. The summed E-state index contributed by atoms with van der Waals surface area (Å²) in [6.07, 6.45) is 0.299. The van der Waals surface area contributed by atoms with E-state index in [0.717, 1.165) is 0 Å². The summed E-state index contributed by atoms with van der Waals surface area (Å²) in [5, 5.41) is 2.83. The van der Waals surface area contributed by atoms with E-state index in [4.69, 9.17) is 14.2 Å². The summed E-state index contributed by atoms with van der Waals surface area (Å²) in [6.45, 7) is 1.42. The molecule has 8 nitrogen and oxygen atoms in total. The first kappa shape index (κ1) is 16.2. The second-order valence-corrected chi connectivity index (χ2v) is 6.11. The lowest BCUT2D eigenvalue weighted by molar-refractivity contribution is 0.0663. The van der Waals surface area contributed by atoms with Gasteiger partial charge in [0.25, 0.3) is 0 Å². The standard InChI is InChI=1S/C16H21N3O5/c1-18-9-16(24-15(18)21)4-5-19(10-16)14(20)17-11-6-12(22-2)8-13(7-11)23-3/h6-8H,4-5,9-10H2,1-3H3,(H,17,20)/t16-/m1/s1. The van der Waals surface area contributed by atoms with Crippen molar-refractivity contribution >= 4 is 17.8 Å². The summed E-state index contributed by atoms with van der Waals surface area (Å²) in [6, 6.07) is 4.92. The van der Waals surface area contributed by atoms with E-state index in [1.165, 1.54) is 4.90 Å². The largest absolute Gasteiger partial charge is 0.497 e. The van der Waals surface area contributed by atoms with Gasteiger partial charge in [-0.1, -0.05) is 0 Å². The second kappa shape index (κ2) is 6.10. The Morgan fingerprint density at radius 2 is 1.88 bits per heavy atom. The lowest BCUT2D eigenvalue weighted by Crippen LogP contribution is -2.40. The van der Waals surface area contributed by atoms with Gasteiger partial charge in [0.1, 0.15) is 11.5 Å². The molecular weight excluding hydrogens is 314 g/mol. The van der Waals surface area contributed by atoms with Gasteiger partial charge in [-0.3, -0.25) is 0 Å². The fraction of sp³-hybridized carbons (Fsp3) is 0.500. The van der Waals surface area contributed by atoms with Gasteiger partial charge < -0.3 is 29.3 Å². The molecule has 2 saturated heterocycles. The van der Waals surface area contributed by atoms with E-state index in [9.17, 15) is 9.59 Å². The Morgan fingerprint density at radius 1 is 1.21 bits per heavy atom. The van der Waals surface area contributed by atoms with E-state index in [1.807, 2.05) is 0 Å². The molecule has 1 spiro atoms. The molecule has 0 aromatic heterocycles. The van der Waals surface area contributed by atoms with Crippen LogP contribution in [0.15, 0.2) is 18.2 Å². The topological polar surface area (TPSA) is 80.3 Å². The molecule has 2 fully saturated rings. The molecule has 130 valence electrons. The predicted molar refractivity (Wildman–Crippen MR) is 86.6 cm³/mol. The zero-order valence-electron chi connectivity index (χ0n) is 14.0. The molecule has 8 heteroatoms. The number of ether oxygens (including phenoxy) is 3. The number of methoxy groups -OCH3 is 2. The first-order valence-electron chi connectivity index (χ1n) is 7.68. The average molecular weight is 335 g/mol. The summed E-state index contributed by atoms with van der Waals surface area (Å²) in [7, 11) is 4.80. The number of nitrogens with one attached hydrogen (secondary N) is 1. The molecule has 0 aliphatic carbocycles. The molecule has 1 atom stereocenters. The monoisotopic (exact) mass is 335 g/mol. The zero-order chi connectivity index (χ0) is 17.3. The molecular formula is C16H21N3O5. The number of carbonyl (C=O) groups excluding carboxylic acids is 2. The summed E-state index contributed by atoms with van der Waals surface area (Å²) >= 11 is 0. The van der Waals surface area contributed by atoms with Crippen molar-refractivity contribution < 1.29 is 23.8 Å². The van der Waals surface area contributed by atoms with Gasteiger partial charge in [-0.05, 0) is 0 Å². The number of hydrogen-bond donors (Lipinski definition) is 1. The molecule has 3 rings (SSSR count). The minimum atomic E-state index is -0.588. The van der Waals surface area contributed by atoms with Gasteiger partial charge in [0.05, 0.1) is 27.3 Å². The number of likely N-dealkylation sites (N-methyl/N-ethyl adjacent to an activating group) is 1. The van der Waals surface area contributed by atoms with Crippen LogP contribution in [-0.2, 0) is 4.74 Å². The Morgan fingerprint density at radius 3 is 2.42 bits per heavy atom. The maximum atomic E-state index is 12.5. The molecule has 0 saturated carbocycles. The minimum Gasteiger partial charge on any atom is -0.497 e. The summed E-state index contributed by atoms with van der Waals surface area (Å²) in [5.74, 6) is 1.18. The van der Waals surface area contributed by atoms with Gasteiger partial charge in [-0.15, -0.1) is 0 Å². The van der Waals surface area contributed by atoms with Gasteiger partial charge in [-0.25, -0.2) is 9.59 Å². The molecule has 0 bridgehead atoms. The molecule has 1 N–H and O–H groups in total. The number of hydrogen-bond acceptors (Lipinski definition) is 5. The van der Waals surface area contributed by atoms with Crippen LogP contribution < -0.4 is 14.8 Å². The van der Waals surface area contributed by atoms with Crippen molar-refractivity contribution in [2.45, 2.75) is 12.0 Å². The van der Waals surface area contributed by atoms with Crippen LogP contribution in [0.2, 0.25) is 0 Å². The summed E-state index contributed by atoms with van der Waals surface area (Å²) in [5.41, 5.74) is -0.00686. The van der Waals surface area contributed by atoms with Crippen LogP contribution in [0.5, 0.6) is 11.5 Å². The van der Waals surface area contributed by atoms with Crippen molar-refractivity contribution in [3.05, 3.63) is 18.2 Å². The molecule has 1 aromatic carbocycles. The number of likely N-dealkylation sites (tertiary alicyclic amines) is 1. The van der Waals surface area contributed by atoms with Crippen molar-refractivity contribution in [1.82, 2.24) is 9.80 Å². The van der Waals surface area contributed by atoms with Crippen LogP contribution in [0.3, 0.4) is 0 Å². The highest BCUT2D eigenvalue weighted by molar-refractivity contribution is 5.90. The van der Waals surface area contributed by atoms with E-state index >= 15 is 0 Å². The third kappa shape index (κ3) is 3.04. The van der Waals surface area contributed by atoms with Gasteiger partial charge >= 0.3 is 12.1 Å². The third-order valence-electron chi connectivity index (χ3n) is 4.35. The number of nitrogens with zero attached hydrogens (tertiary/aromatic N) is 2. The van der Waals surface area contributed by atoms with Crippen molar-refractivity contribution in [1.29, 1.82) is 0 Å². The Hall–Kier alpha value is -2.64. The lowest BCUT2D eigenvalue weighted by atomic mass is 10.0. The molecule has 2 aliphatic rings. The summed E-state index contributed by atoms with van der Waals surface area (Å²) < 4.78 is 15.8. The number of carbonyl (C=O) groups is 2. The Bertz CT molecular complexity index is 643. The van der Waals surface area contributed by atoms with Crippen LogP contribution in [0.25, 0.3) is 0 Å². The fourth-order valence-corrected chi connectivity index (χ4v) is 3.10. The molecule has 2 aliphatic heterocycles. The highest BCUT2D eigenvalue weighted by atomic mass is 16.6. The normalized spacial score (nSPS) is 22.7. The maximum Gasteiger partial charge on any atom is 0.410 e. The van der Waals surface area contributed by atoms with Crippen LogP contribution in [-0.4, -0.2) is 68.4 Å². The Kier molecular flexibility index (Phi) is 4.13. The molecule has 2 heterocycles. The van der Waals surface area contributed by atoms with Gasteiger partial charge in [0.15, 0.2) is 5.60 Å². The lowest BCUT2D eigenvalue weighted by Gasteiger charge is -2.22. The van der Waals surface area contributed by atoms with E-state index in [0.29, 0.717) is 43.2 Å². The van der Waals surface area contributed by atoms with Crippen LogP contribution in [0.4, 0.5) is 15.3 Å². The highest BCUT2D eigenvalue weighted by Gasteiger charge is 2.49. The highest BCUT2D eigenvalue weighted by Crippen LogP contribution is 2.32.